The first-order valence-electron chi connectivity index (χ1n) is 1.88. The van der Waals surface area contributed by atoms with Gasteiger partial charge < -0.3 is 21.3 Å². The van der Waals surface area contributed by atoms with Crippen molar-refractivity contribution in [2.75, 3.05) is 13.3 Å². The molecule has 0 amide bonds. The summed E-state index contributed by atoms with van der Waals surface area (Å²) in [4.78, 5) is 15.6. The van der Waals surface area contributed by atoms with Gasteiger partial charge in [-0.05, 0) is 7.05 Å². The van der Waals surface area contributed by atoms with E-state index in [9.17, 15) is 4.57 Å². The average molecular weight is 142 g/mol. The van der Waals surface area contributed by atoms with Gasteiger partial charge in [0.1, 0.15) is 0 Å². The van der Waals surface area contributed by atoms with E-state index in [1.165, 1.54) is 7.05 Å². The Labute approximate surface area is 47.8 Å². The fraction of sp³-hybridized carbons (Fsp3) is 1.00. The molecule has 0 heterocycles. The third-order valence-electron chi connectivity index (χ3n) is 0.238. The molecule has 0 saturated carbocycles. The van der Waals surface area contributed by atoms with Gasteiger partial charge in [0.05, 0.1) is 6.29 Å². The van der Waals surface area contributed by atoms with Crippen LogP contribution in [0.4, 0.5) is 0 Å². The van der Waals surface area contributed by atoms with Crippen LogP contribution in [0.2, 0.25) is 0 Å². The van der Waals surface area contributed by atoms with Gasteiger partial charge in [-0.2, -0.15) is 0 Å². The Bertz CT molecular complexity index is 79.4. The van der Waals surface area contributed by atoms with Gasteiger partial charge in [0.15, 0.2) is 0 Å². The highest BCUT2D eigenvalue weighted by Crippen LogP contribution is 2.30. The van der Waals surface area contributed by atoms with Crippen LogP contribution in [0.25, 0.3) is 0 Å². The minimum absolute atomic E-state index is 0.562. The summed E-state index contributed by atoms with van der Waals surface area (Å²) in [5.74, 6) is 0. The summed E-state index contributed by atoms with van der Waals surface area (Å²) in [6, 6.07) is 0. The van der Waals surface area contributed by atoms with Gasteiger partial charge in [0.25, 0.3) is 0 Å². The Morgan fingerprint density at radius 2 is 1.62 bits per heavy atom. The van der Waals surface area contributed by atoms with Gasteiger partial charge in [-0.1, -0.05) is 0 Å². The highest BCUT2D eigenvalue weighted by Gasteiger charge is 2.05. The minimum Gasteiger partial charge on any atom is -0.333 e. The lowest BCUT2D eigenvalue weighted by molar-refractivity contribution is 0.374. The van der Waals surface area contributed by atoms with E-state index in [0.717, 1.165) is 0 Å². The van der Waals surface area contributed by atoms with Crippen LogP contribution in [-0.4, -0.2) is 23.1 Å². The predicted molar refractivity (Wildman–Crippen MR) is 31.2 cm³/mol. The average Bonchev–Trinajstić information content (AvgIpc) is 1.71. The van der Waals surface area contributed by atoms with Crippen LogP contribution in [0.15, 0.2) is 0 Å². The van der Waals surface area contributed by atoms with Gasteiger partial charge in [-0.3, -0.25) is 4.57 Å². The SMILES string of the molecule is CN.NCP(=O)(O)O. The molecule has 0 unspecified atom stereocenters. The summed E-state index contributed by atoms with van der Waals surface area (Å²) < 4.78 is 9.57. The van der Waals surface area contributed by atoms with E-state index in [-0.39, 0.29) is 0 Å². The van der Waals surface area contributed by atoms with Gasteiger partial charge >= 0.3 is 7.60 Å². The molecule has 0 aliphatic heterocycles. The van der Waals surface area contributed by atoms with Crippen LogP contribution in [0, 0.1) is 0 Å². The van der Waals surface area contributed by atoms with Crippen molar-refractivity contribution in [3.63, 3.8) is 0 Å². The maximum atomic E-state index is 9.57. The summed E-state index contributed by atoms with van der Waals surface area (Å²) in [7, 11) is -2.37. The number of hydrogen-bond acceptors (Lipinski definition) is 3. The van der Waals surface area contributed by atoms with Crippen molar-refractivity contribution in [2.45, 2.75) is 0 Å². The van der Waals surface area contributed by atoms with Crippen molar-refractivity contribution in [3.8, 4) is 0 Å². The van der Waals surface area contributed by atoms with Crippen LogP contribution in [0.3, 0.4) is 0 Å². The predicted octanol–water partition coefficient (Wildman–Crippen LogP) is -1.34. The van der Waals surface area contributed by atoms with Crippen LogP contribution in [-0.2, 0) is 4.57 Å². The molecule has 0 aliphatic carbocycles. The standard InChI is InChI=1S/CH6NO3P.CH5N/c2-1-6(3,4)5;1-2/h1-2H2,(H2,3,4,5);2H2,1H3. The van der Waals surface area contributed by atoms with Crippen molar-refractivity contribution in [1.29, 1.82) is 0 Å². The normalized spacial score (nSPS) is 9.62. The molecular weight excluding hydrogens is 131 g/mol. The maximum Gasteiger partial charge on any atom is 0.338 e. The molecule has 0 aromatic carbocycles. The molecule has 0 aromatic heterocycles. The molecular formula is C2H11N2O3P. The van der Waals surface area contributed by atoms with Gasteiger partial charge in [-0.25, -0.2) is 0 Å². The zero-order chi connectivity index (χ0) is 7.21. The first-order valence-corrected chi connectivity index (χ1v) is 3.68. The van der Waals surface area contributed by atoms with Crippen molar-refractivity contribution in [3.05, 3.63) is 0 Å². The summed E-state index contributed by atoms with van der Waals surface area (Å²) >= 11 is 0. The molecule has 8 heavy (non-hydrogen) atoms. The molecule has 0 fully saturated rings. The second-order valence-electron chi connectivity index (χ2n) is 0.847. The Kier molecular flexibility index (Phi) is 7.13. The van der Waals surface area contributed by atoms with Crippen LogP contribution in [0.5, 0.6) is 0 Å². The smallest absolute Gasteiger partial charge is 0.333 e. The van der Waals surface area contributed by atoms with Gasteiger partial charge in [0.2, 0.25) is 0 Å². The highest BCUT2D eigenvalue weighted by molar-refractivity contribution is 7.51. The Morgan fingerprint density at radius 3 is 1.62 bits per heavy atom. The van der Waals surface area contributed by atoms with E-state index < -0.39 is 13.9 Å². The summed E-state index contributed by atoms with van der Waals surface area (Å²) in [5, 5.41) is 0. The maximum absolute atomic E-state index is 9.57. The lowest BCUT2D eigenvalue weighted by Crippen LogP contribution is -1.97. The second kappa shape index (κ2) is 5.21. The van der Waals surface area contributed by atoms with Gasteiger partial charge in [-0.15, -0.1) is 0 Å². The fourth-order valence-corrected chi connectivity index (χ4v) is 0. The highest BCUT2D eigenvalue weighted by atomic mass is 31.2. The lowest BCUT2D eigenvalue weighted by atomic mass is 11.6. The third-order valence-corrected chi connectivity index (χ3v) is 0.714. The van der Waals surface area contributed by atoms with E-state index in [1.54, 1.807) is 0 Å². The molecule has 5 nitrogen and oxygen atoms in total. The molecule has 0 aliphatic rings. The van der Waals surface area contributed by atoms with Crippen molar-refractivity contribution < 1.29 is 14.4 Å². The summed E-state index contributed by atoms with van der Waals surface area (Å²) in [6.45, 7) is 0. The van der Waals surface area contributed by atoms with Crippen molar-refractivity contribution in [2.24, 2.45) is 11.5 Å². The second-order valence-corrected chi connectivity index (χ2v) is 2.54. The van der Waals surface area contributed by atoms with Crippen LogP contribution in [0.1, 0.15) is 0 Å². The topological polar surface area (TPSA) is 110 Å². The third kappa shape index (κ3) is 16.6. The van der Waals surface area contributed by atoms with E-state index >= 15 is 0 Å². The number of nitrogens with two attached hydrogens (primary N) is 2. The molecule has 6 N–H and O–H groups in total. The van der Waals surface area contributed by atoms with Gasteiger partial charge in [0, 0.05) is 0 Å². The van der Waals surface area contributed by atoms with E-state index in [0.29, 0.717) is 0 Å². The Balaban J connectivity index is 0. The zero-order valence-electron chi connectivity index (χ0n) is 4.61. The summed E-state index contributed by atoms with van der Waals surface area (Å²) in [6.07, 6.45) is -0.562. The van der Waals surface area contributed by atoms with Crippen LogP contribution < -0.4 is 11.5 Å². The van der Waals surface area contributed by atoms with E-state index in [2.05, 4.69) is 11.5 Å². The molecule has 0 atom stereocenters. The molecule has 0 spiro atoms. The van der Waals surface area contributed by atoms with Crippen LogP contribution >= 0.6 is 7.60 Å². The largest absolute Gasteiger partial charge is 0.338 e. The van der Waals surface area contributed by atoms with E-state index in [4.69, 9.17) is 9.79 Å². The molecule has 0 bridgehead atoms. The number of hydrogen-bond donors (Lipinski definition) is 4. The molecule has 6 heteroatoms. The Hall–Kier alpha value is 0.0700. The minimum atomic E-state index is -3.87. The monoisotopic (exact) mass is 142 g/mol. The van der Waals surface area contributed by atoms with E-state index in [1.807, 2.05) is 0 Å². The van der Waals surface area contributed by atoms with Crippen molar-refractivity contribution >= 4 is 7.60 Å². The molecule has 0 rings (SSSR count). The zero-order valence-corrected chi connectivity index (χ0v) is 5.51. The number of rotatable bonds is 1. The summed E-state index contributed by atoms with van der Waals surface area (Å²) in [5.41, 5.74) is 9.04. The lowest BCUT2D eigenvalue weighted by Gasteiger charge is -1.92. The first-order chi connectivity index (χ1) is 3.56. The molecule has 52 valence electrons. The molecule has 0 aromatic rings. The Morgan fingerprint density at radius 1 is 1.50 bits per heavy atom. The van der Waals surface area contributed by atoms with Crippen molar-refractivity contribution in [1.82, 2.24) is 0 Å². The first kappa shape index (κ1) is 10.9. The molecule has 0 saturated heterocycles. The molecule has 0 radical (unpaired) electrons. The fourth-order valence-electron chi connectivity index (χ4n) is 0. The quantitative estimate of drug-likeness (QED) is 0.338.